The summed E-state index contributed by atoms with van der Waals surface area (Å²) < 4.78 is 2.36. The van der Waals surface area contributed by atoms with E-state index in [0.717, 1.165) is 37.4 Å². The third kappa shape index (κ3) is 4.60. The van der Waals surface area contributed by atoms with E-state index in [1.54, 1.807) is 0 Å². The minimum atomic E-state index is -0.143. The van der Waals surface area contributed by atoms with Crippen molar-refractivity contribution in [1.82, 2.24) is 0 Å². The molecule has 4 aliphatic rings. The molecule has 4 aromatic carbocycles. The highest BCUT2D eigenvalue weighted by Crippen LogP contribution is 2.48. The van der Waals surface area contributed by atoms with Gasteiger partial charge in [-0.25, -0.2) is 0 Å². The third-order valence-electron chi connectivity index (χ3n) is 11.0. The molecule has 0 saturated carbocycles. The average Bonchev–Trinajstić information content (AvgIpc) is 3.40. The van der Waals surface area contributed by atoms with Gasteiger partial charge in [0, 0.05) is 76.9 Å². The Kier molecular flexibility index (Phi) is 6.84. The lowest BCUT2D eigenvalue weighted by Crippen LogP contribution is -2.27. The number of fused-ring (bicyclic) bond motifs is 4. The number of likely N-dealkylation sites (N-methyl/N-ethyl adjacent to an activating group) is 1. The topological polar surface area (TPSA) is 31.0 Å². The number of rotatable bonds is 4. The predicted molar refractivity (Wildman–Crippen MR) is 197 cm³/mol. The summed E-state index contributed by atoms with van der Waals surface area (Å²) in [5.74, 6) is 0. The second-order valence-electron chi connectivity index (χ2n) is 14.4. The molecule has 0 spiro atoms. The summed E-state index contributed by atoms with van der Waals surface area (Å²) >= 11 is 0. The normalized spacial score (nSPS) is 19.8. The van der Waals surface area contributed by atoms with Gasteiger partial charge in [0.25, 0.3) is 0 Å². The summed E-state index contributed by atoms with van der Waals surface area (Å²) in [6.07, 6.45) is 8.90. The van der Waals surface area contributed by atoms with E-state index in [4.69, 9.17) is 9.98 Å². The Hall–Kier alpha value is -4.83. The zero-order valence-corrected chi connectivity index (χ0v) is 28.4. The maximum absolute atomic E-state index is 4.99. The Morgan fingerprint density at radius 2 is 1.28 bits per heavy atom. The van der Waals surface area contributed by atoms with Crippen LogP contribution in [0.15, 0.2) is 119 Å². The molecule has 0 unspecified atom stereocenters. The lowest BCUT2D eigenvalue weighted by Gasteiger charge is -2.24. The van der Waals surface area contributed by atoms with Gasteiger partial charge in [0.05, 0.1) is 16.8 Å². The molecule has 4 aliphatic heterocycles. The van der Waals surface area contributed by atoms with Gasteiger partial charge in [0.2, 0.25) is 5.69 Å². The number of hydrogen-bond donors (Lipinski definition) is 0. The number of aliphatic imine (C=N–C) groups is 2. The van der Waals surface area contributed by atoms with Gasteiger partial charge in [0.15, 0.2) is 5.71 Å². The van der Waals surface area contributed by atoms with Crippen molar-refractivity contribution in [3.05, 3.63) is 153 Å². The Labute approximate surface area is 279 Å². The highest BCUT2D eigenvalue weighted by atomic mass is 15.2. The lowest BCUT2D eigenvalue weighted by molar-refractivity contribution is -0.401. The van der Waals surface area contributed by atoms with Crippen LogP contribution in [0.25, 0.3) is 0 Å². The predicted octanol–water partition coefficient (Wildman–Crippen LogP) is 8.35. The average molecular weight is 616 g/mol. The summed E-state index contributed by atoms with van der Waals surface area (Å²) in [7, 11) is 4.39. The molecule has 8 rings (SSSR count). The maximum atomic E-state index is 4.99. The SMILES string of the molecule is CN1/C(=C\C=C\C2=[N+](C)c3ccc(C4=NCCc5ccccc54)cc3C2(C)C)C(C)(C)c2cc(C3=NCCc4ccccc43)ccc21. The van der Waals surface area contributed by atoms with Gasteiger partial charge in [0.1, 0.15) is 7.05 Å². The number of benzene rings is 4. The summed E-state index contributed by atoms with van der Waals surface area (Å²) in [4.78, 5) is 12.3. The summed E-state index contributed by atoms with van der Waals surface area (Å²) in [6.45, 7) is 11.1. The molecule has 0 amide bonds. The Balaban J connectivity index is 1.09. The van der Waals surface area contributed by atoms with Gasteiger partial charge in [-0.1, -0.05) is 74.5 Å². The van der Waals surface area contributed by atoms with E-state index in [1.807, 2.05) is 0 Å². The molecule has 0 saturated heterocycles. The lowest BCUT2D eigenvalue weighted by atomic mass is 9.79. The van der Waals surface area contributed by atoms with Crippen molar-refractivity contribution >= 4 is 28.5 Å². The largest absolute Gasteiger partial charge is 0.347 e. The molecule has 234 valence electrons. The Morgan fingerprint density at radius 1 is 0.702 bits per heavy atom. The van der Waals surface area contributed by atoms with Crippen LogP contribution in [0, 0.1) is 0 Å². The van der Waals surface area contributed by atoms with Gasteiger partial charge >= 0.3 is 0 Å². The van der Waals surface area contributed by atoms with Crippen LogP contribution in [-0.2, 0) is 23.7 Å². The smallest absolute Gasteiger partial charge is 0.209 e. The van der Waals surface area contributed by atoms with Crippen molar-refractivity contribution < 1.29 is 4.58 Å². The fraction of sp³-hybridized carbons (Fsp3) is 0.279. The van der Waals surface area contributed by atoms with Crippen LogP contribution in [0.1, 0.15) is 72.2 Å². The van der Waals surface area contributed by atoms with Crippen LogP contribution in [0.4, 0.5) is 11.4 Å². The Bertz CT molecular complexity index is 2120. The van der Waals surface area contributed by atoms with E-state index in [2.05, 4.69) is 154 Å². The molecule has 0 radical (unpaired) electrons. The number of allylic oxidation sites excluding steroid dienone is 4. The fourth-order valence-electron chi connectivity index (χ4n) is 8.38. The van der Waals surface area contributed by atoms with E-state index >= 15 is 0 Å². The van der Waals surface area contributed by atoms with E-state index in [0.29, 0.717) is 0 Å². The maximum Gasteiger partial charge on any atom is 0.209 e. The second kappa shape index (κ2) is 10.9. The van der Waals surface area contributed by atoms with Crippen molar-refractivity contribution in [2.24, 2.45) is 9.98 Å². The molecular weight excluding hydrogens is 573 g/mol. The molecule has 4 heteroatoms. The number of hydrogen-bond acceptors (Lipinski definition) is 3. The van der Waals surface area contributed by atoms with Crippen molar-refractivity contribution in [1.29, 1.82) is 0 Å². The van der Waals surface area contributed by atoms with Crippen LogP contribution in [0.3, 0.4) is 0 Å². The standard InChI is InChI=1S/C43H43N4/c1-42(2)34-26-30(40-32-14-9-7-12-28(32)22-24-44-40)18-20-36(34)46(5)38(42)16-11-17-39-43(3,4)35-27-31(19-21-37(35)47(39)6)41-33-15-10-8-13-29(33)23-25-45-41/h7-21,26-27H,22-25H2,1-6H3/q+1. The summed E-state index contributed by atoms with van der Waals surface area (Å²) in [5, 5.41) is 0. The van der Waals surface area contributed by atoms with E-state index in [1.165, 1.54) is 67.3 Å². The molecule has 4 heterocycles. The van der Waals surface area contributed by atoms with Crippen molar-refractivity contribution in [2.45, 2.75) is 51.4 Å². The molecule has 4 aromatic rings. The van der Waals surface area contributed by atoms with Crippen LogP contribution in [-0.4, -0.2) is 48.9 Å². The first-order valence-corrected chi connectivity index (χ1v) is 17.0. The number of nitrogens with zero attached hydrogens (tertiary/aromatic N) is 4. The third-order valence-corrected chi connectivity index (χ3v) is 11.0. The highest BCUT2D eigenvalue weighted by molar-refractivity contribution is 6.15. The minimum Gasteiger partial charge on any atom is -0.347 e. The van der Waals surface area contributed by atoms with Crippen molar-refractivity contribution in [2.75, 3.05) is 32.1 Å². The molecule has 0 fully saturated rings. The van der Waals surface area contributed by atoms with E-state index in [-0.39, 0.29) is 10.8 Å². The van der Waals surface area contributed by atoms with Gasteiger partial charge in [-0.2, -0.15) is 4.58 Å². The molecule has 4 nitrogen and oxygen atoms in total. The summed E-state index contributed by atoms with van der Waals surface area (Å²) in [5.41, 5.74) is 17.5. The first-order chi connectivity index (χ1) is 22.7. The quantitative estimate of drug-likeness (QED) is 0.212. The van der Waals surface area contributed by atoms with E-state index in [9.17, 15) is 0 Å². The molecule has 0 aromatic heterocycles. The fourth-order valence-corrected chi connectivity index (χ4v) is 8.38. The van der Waals surface area contributed by atoms with Crippen LogP contribution < -0.4 is 4.90 Å². The molecule has 0 N–H and O–H groups in total. The molecule has 0 atom stereocenters. The zero-order valence-electron chi connectivity index (χ0n) is 28.4. The van der Waals surface area contributed by atoms with E-state index < -0.39 is 0 Å². The van der Waals surface area contributed by atoms with Gasteiger partial charge in [-0.15, -0.1) is 0 Å². The molecule has 47 heavy (non-hydrogen) atoms. The van der Waals surface area contributed by atoms with Gasteiger partial charge in [-0.05, 0) is 73.7 Å². The minimum absolute atomic E-state index is 0.143. The molecular formula is C43H43N4+. The molecule has 0 aliphatic carbocycles. The van der Waals surface area contributed by atoms with Gasteiger partial charge in [-0.3, -0.25) is 9.98 Å². The summed E-state index contributed by atoms with van der Waals surface area (Å²) in [6, 6.07) is 31.3. The van der Waals surface area contributed by atoms with Crippen molar-refractivity contribution in [3.63, 3.8) is 0 Å². The first-order valence-electron chi connectivity index (χ1n) is 17.0. The monoisotopic (exact) mass is 615 g/mol. The second-order valence-corrected chi connectivity index (χ2v) is 14.4. The van der Waals surface area contributed by atoms with Crippen molar-refractivity contribution in [3.8, 4) is 0 Å². The highest BCUT2D eigenvalue weighted by Gasteiger charge is 2.43. The number of anilines is 1. The van der Waals surface area contributed by atoms with Crippen LogP contribution >= 0.6 is 0 Å². The zero-order chi connectivity index (χ0) is 32.5. The van der Waals surface area contributed by atoms with Gasteiger partial charge < -0.3 is 4.90 Å². The Morgan fingerprint density at radius 3 is 1.91 bits per heavy atom. The molecule has 0 bridgehead atoms. The van der Waals surface area contributed by atoms with Crippen LogP contribution in [0.2, 0.25) is 0 Å². The van der Waals surface area contributed by atoms with Crippen LogP contribution in [0.5, 0.6) is 0 Å². The first kappa shape index (κ1) is 29.6.